The second-order valence-corrected chi connectivity index (χ2v) is 7.75. The van der Waals surface area contributed by atoms with Gasteiger partial charge in [-0.1, -0.05) is 6.07 Å². The van der Waals surface area contributed by atoms with Gasteiger partial charge in [0.1, 0.15) is 5.82 Å². The lowest BCUT2D eigenvalue weighted by Crippen LogP contribution is -2.47. The van der Waals surface area contributed by atoms with Crippen LogP contribution in [0, 0.1) is 5.82 Å². The van der Waals surface area contributed by atoms with Crippen LogP contribution in [-0.4, -0.2) is 29.9 Å². The van der Waals surface area contributed by atoms with Gasteiger partial charge in [-0.3, -0.25) is 9.69 Å². The van der Waals surface area contributed by atoms with E-state index >= 15 is 0 Å². The van der Waals surface area contributed by atoms with Gasteiger partial charge in [-0.25, -0.2) is 4.39 Å². The monoisotopic (exact) mass is 384 g/mol. The van der Waals surface area contributed by atoms with Crippen molar-refractivity contribution >= 4 is 22.9 Å². The first-order valence-corrected chi connectivity index (χ1v) is 9.96. The number of hydrogen-bond acceptors (Lipinski definition) is 4. The number of likely N-dealkylation sites (tertiary alicyclic amines) is 1. The number of rotatable bonds is 5. The molecule has 1 saturated heterocycles. The van der Waals surface area contributed by atoms with E-state index < -0.39 is 0 Å². The third kappa shape index (κ3) is 4.12. The quantitative estimate of drug-likeness (QED) is 0.635. The molecule has 0 aliphatic carbocycles. The first kappa shape index (κ1) is 17.9. The van der Waals surface area contributed by atoms with E-state index in [1.807, 2.05) is 0 Å². The van der Waals surface area contributed by atoms with Gasteiger partial charge in [0, 0.05) is 36.2 Å². The molecule has 3 heterocycles. The molecule has 1 fully saturated rings. The molecular formula is C21H21FN2O2S. The van der Waals surface area contributed by atoms with Gasteiger partial charge in [-0.05, 0) is 60.7 Å². The number of hydrogen-bond donors (Lipinski definition) is 0. The van der Waals surface area contributed by atoms with Crippen LogP contribution in [0.4, 0.5) is 10.1 Å². The molecule has 3 aromatic rings. The first-order chi connectivity index (χ1) is 13.2. The molecule has 0 N–H and O–H groups in total. The largest absolute Gasteiger partial charge is 0.459 e. The molecule has 0 spiro atoms. The number of piperidine rings is 1. The number of amides is 1. The van der Waals surface area contributed by atoms with Gasteiger partial charge >= 0.3 is 0 Å². The molecule has 0 saturated carbocycles. The zero-order valence-corrected chi connectivity index (χ0v) is 15.7. The van der Waals surface area contributed by atoms with Crippen molar-refractivity contribution in [2.24, 2.45) is 0 Å². The maximum absolute atomic E-state index is 13.4. The fourth-order valence-electron chi connectivity index (χ4n) is 3.57. The number of halogens is 1. The SMILES string of the molecule is O=C(c1ccco1)N(c1ccc(F)cc1)C1CCN(Cc2cccs2)CC1. The van der Waals surface area contributed by atoms with E-state index in [1.54, 1.807) is 40.5 Å². The lowest BCUT2D eigenvalue weighted by Gasteiger charge is -2.38. The van der Waals surface area contributed by atoms with Crippen molar-refractivity contribution < 1.29 is 13.6 Å². The van der Waals surface area contributed by atoms with Crippen LogP contribution in [0.3, 0.4) is 0 Å². The summed E-state index contributed by atoms with van der Waals surface area (Å²) in [5.74, 6) is -0.182. The van der Waals surface area contributed by atoms with Crippen molar-refractivity contribution in [3.8, 4) is 0 Å². The lowest BCUT2D eigenvalue weighted by molar-refractivity contribution is 0.0932. The molecular weight excluding hydrogens is 363 g/mol. The van der Waals surface area contributed by atoms with E-state index in [2.05, 4.69) is 22.4 Å². The number of carbonyl (C=O) groups excluding carboxylic acids is 1. The Hall–Kier alpha value is -2.44. The highest BCUT2D eigenvalue weighted by molar-refractivity contribution is 7.09. The Morgan fingerprint density at radius 1 is 1.15 bits per heavy atom. The molecule has 4 nitrogen and oxygen atoms in total. The fourth-order valence-corrected chi connectivity index (χ4v) is 4.32. The predicted molar refractivity (Wildman–Crippen MR) is 105 cm³/mol. The minimum absolute atomic E-state index is 0.0626. The van der Waals surface area contributed by atoms with E-state index in [-0.39, 0.29) is 17.8 Å². The summed E-state index contributed by atoms with van der Waals surface area (Å²) in [5, 5.41) is 2.10. The van der Waals surface area contributed by atoms with E-state index in [1.165, 1.54) is 23.3 Å². The molecule has 140 valence electrons. The molecule has 1 aromatic carbocycles. The summed E-state index contributed by atoms with van der Waals surface area (Å²) in [5.41, 5.74) is 0.703. The third-order valence-electron chi connectivity index (χ3n) is 4.94. The molecule has 0 radical (unpaired) electrons. The van der Waals surface area contributed by atoms with Crippen molar-refractivity contribution in [3.63, 3.8) is 0 Å². The Morgan fingerprint density at radius 3 is 2.56 bits per heavy atom. The van der Waals surface area contributed by atoms with Gasteiger partial charge in [0.05, 0.1) is 6.26 Å². The highest BCUT2D eigenvalue weighted by atomic mass is 32.1. The summed E-state index contributed by atoms with van der Waals surface area (Å²) in [6, 6.07) is 13.8. The molecule has 0 bridgehead atoms. The van der Waals surface area contributed by atoms with Crippen LogP contribution >= 0.6 is 11.3 Å². The molecule has 1 aliphatic heterocycles. The van der Waals surface area contributed by atoms with Crippen LogP contribution in [0.5, 0.6) is 0 Å². The van der Waals surface area contributed by atoms with Crippen molar-refractivity contribution in [2.45, 2.75) is 25.4 Å². The van der Waals surface area contributed by atoms with E-state index in [9.17, 15) is 9.18 Å². The Morgan fingerprint density at radius 2 is 1.93 bits per heavy atom. The van der Waals surface area contributed by atoms with Crippen molar-refractivity contribution in [1.29, 1.82) is 0 Å². The minimum Gasteiger partial charge on any atom is -0.459 e. The van der Waals surface area contributed by atoms with Crippen molar-refractivity contribution in [2.75, 3.05) is 18.0 Å². The third-order valence-corrected chi connectivity index (χ3v) is 5.80. The van der Waals surface area contributed by atoms with Crippen LogP contribution in [0.2, 0.25) is 0 Å². The summed E-state index contributed by atoms with van der Waals surface area (Å²) < 4.78 is 18.7. The second kappa shape index (κ2) is 8.06. The maximum Gasteiger partial charge on any atom is 0.294 e. The summed E-state index contributed by atoms with van der Waals surface area (Å²) in [6.07, 6.45) is 3.24. The van der Waals surface area contributed by atoms with Gasteiger partial charge < -0.3 is 9.32 Å². The topological polar surface area (TPSA) is 36.7 Å². The summed E-state index contributed by atoms with van der Waals surface area (Å²) in [7, 11) is 0. The Kier molecular flexibility index (Phi) is 5.36. The average molecular weight is 384 g/mol. The highest BCUT2D eigenvalue weighted by Gasteiger charge is 2.31. The Labute approximate surface area is 161 Å². The molecule has 4 rings (SSSR count). The lowest BCUT2D eigenvalue weighted by atomic mass is 10.0. The molecule has 1 amide bonds. The second-order valence-electron chi connectivity index (χ2n) is 6.72. The first-order valence-electron chi connectivity index (χ1n) is 9.08. The van der Waals surface area contributed by atoms with Gasteiger partial charge in [0.15, 0.2) is 5.76 Å². The summed E-state index contributed by atoms with van der Waals surface area (Å²) in [6.45, 7) is 2.80. The number of carbonyl (C=O) groups is 1. The zero-order chi connectivity index (χ0) is 18.6. The standard InChI is InChI=1S/C21H21FN2O2S/c22-16-5-7-17(8-6-16)24(21(25)20-4-1-13-26-20)18-9-11-23(12-10-18)15-19-3-2-14-27-19/h1-8,13-14,18H,9-12,15H2. The smallest absolute Gasteiger partial charge is 0.294 e. The molecule has 6 heteroatoms. The molecule has 2 aromatic heterocycles. The Balaban J connectivity index is 1.51. The number of thiophene rings is 1. The van der Waals surface area contributed by atoms with Crippen molar-refractivity contribution in [1.82, 2.24) is 4.90 Å². The van der Waals surface area contributed by atoms with E-state index in [0.717, 1.165) is 32.5 Å². The van der Waals surface area contributed by atoms with Crippen LogP contribution in [0.1, 0.15) is 28.3 Å². The van der Waals surface area contributed by atoms with Gasteiger partial charge in [0.2, 0.25) is 0 Å². The van der Waals surface area contributed by atoms with Crippen LogP contribution < -0.4 is 4.90 Å². The fraction of sp³-hybridized carbons (Fsp3) is 0.286. The van der Waals surface area contributed by atoms with Gasteiger partial charge in [-0.2, -0.15) is 0 Å². The molecule has 0 atom stereocenters. The molecule has 0 unspecified atom stereocenters. The predicted octanol–water partition coefficient (Wildman–Crippen LogP) is 4.79. The van der Waals surface area contributed by atoms with Gasteiger partial charge in [0.25, 0.3) is 5.91 Å². The summed E-state index contributed by atoms with van der Waals surface area (Å²) >= 11 is 1.77. The normalized spacial score (nSPS) is 15.7. The number of nitrogens with zero attached hydrogens (tertiary/aromatic N) is 2. The van der Waals surface area contributed by atoms with Crippen LogP contribution in [-0.2, 0) is 6.54 Å². The summed E-state index contributed by atoms with van der Waals surface area (Å²) in [4.78, 5) is 18.6. The number of anilines is 1. The van der Waals surface area contributed by atoms with Crippen molar-refractivity contribution in [3.05, 3.63) is 76.6 Å². The zero-order valence-electron chi connectivity index (χ0n) is 14.9. The maximum atomic E-state index is 13.4. The van der Waals surface area contributed by atoms with Gasteiger partial charge in [-0.15, -0.1) is 11.3 Å². The minimum atomic E-state index is -0.310. The number of benzene rings is 1. The highest BCUT2D eigenvalue weighted by Crippen LogP contribution is 2.27. The molecule has 1 aliphatic rings. The molecule has 27 heavy (non-hydrogen) atoms. The van der Waals surface area contributed by atoms with E-state index in [0.29, 0.717) is 11.4 Å². The van der Waals surface area contributed by atoms with E-state index in [4.69, 9.17) is 4.42 Å². The Bertz CT molecular complexity index is 854. The van der Waals surface area contributed by atoms with Crippen LogP contribution in [0.15, 0.2) is 64.6 Å². The average Bonchev–Trinajstić information content (AvgIpc) is 3.39. The number of furan rings is 1. The van der Waals surface area contributed by atoms with Crippen LogP contribution in [0.25, 0.3) is 0 Å².